The standard InChI is InChI=1S/C29H33BrClN3O5S/c1-20(2)17-32-29(36)21(3)33(18-22-10-12-23(30)13-11-22)28(35)19-34(26-16-24(31)14-15-27(26)39-4)40(37,38)25-8-6-5-7-9-25/h5-16,20-21H,17-19H2,1-4H3,(H,32,36)/t21-/m0/s1. The molecule has 0 unspecified atom stereocenters. The summed E-state index contributed by atoms with van der Waals surface area (Å²) >= 11 is 9.66. The van der Waals surface area contributed by atoms with Crippen LogP contribution in [-0.2, 0) is 26.2 Å². The first-order valence-electron chi connectivity index (χ1n) is 12.7. The van der Waals surface area contributed by atoms with Gasteiger partial charge in [0, 0.05) is 22.6 Å². The second-order valence-corrected chi connectivity index (χ2v) is 12.8. The van der Waals surface area contributed by atoms with Crippen molar-refractivity contribution in [2.45, 2.75) is 38.3 Å². The van der Waals surface area contributed by atoms with Crippen molar-refractivity contribution in [1.29, 1.82) is 0 Å². The van der Waals surface area contributed by atoms with Crippen LogP contribution in [0.4, 0.5) is 5.69 Å². The molecule has 1 N–H and O–H groups in total. The molecule has 0 bridgehead atoms. The molecule has 0 saturated carbocycles. The zero-order chi connectivity index (χ0) is 29.4. The van der Waals surface area contributed by atoms with Crippen LogP contribution in [0.15, 0.2) is 82.2 Å². The van der Waals surface area contributed by atoms with E-state index >= 15 is 0 Å². The van der Waals surface area contributed by atoms with Crippen LogP contribution in [0.5, 0.6) is 5.75 Å². The second kappa shape index (κ2) is 14.0. The number of nitrogens with zero attached hydrogens (tertiary/aromatic N) is 2. The van der Waals surface area contributed by atoms with Gasteiger partial charge in [0.05, 0.1) is 17.7 Å². The number of anilines is 1. The summed E-state index contributed by atoms with van der Waals surface area (Å²) in [7, 11) is -2.83. The van der Waals surface area contributed by atoms with Gasteiger partial charge in [-0.15, -0.1) is 0 Å². The molecule has 0 heterocycles. The number of methoxy groups -OCH3 is 1. The lowest BCUT2D eigenvalue weighted by molar-refractivity contribution is -0.139. The average molecular weight is 651 g/mol. The lowest BCUT2D eigenvalue weighted by atomic mass is 10.1. The van der Waals surface area contributed by atoms with Crippen LogP contribution in [0.1, 0.15) is 26.3 Å². The van der Waals surface area contributed by atoms with Crippen molar-refractivity contribution in [3.05, 3.63) is 87.9 Å². The summed E-state index contributed by atoms with van der Waals surface area (Å²) in [5.41, 5.74) is 0.880. The predicted octanol–water partition coefficient (Wildman–Crippen LogP) is 5.50. The zero-order valence-corrected chi connectivity index (χ0v) is 26.0. The number of halogens is 2. The van der Waals surface area contributed by atoms with Gasteiger partial charge in [0.1, 0.15) is 18.3 Å². The summed E-state index contributed by atoms with van der Waals surface area (Å²) in [5, 5.41) is 3.14. The van der Waals surface area contributed by atoms with E-state index in [0.29, 0.717) is 6.54 Å². The number of ether oxygens (including phenoxy) is 1. The quantitative estimate of drug-likeness (QED) is 0.280. The second-order valence-electron chi connectivity index (χ2n) is 9.60. The van der Waals surface area contributed by atoms with Crippen molar-refractivity contribution in [1.82, 2.24) is 10.2 Å². The summed E-state index contributed by atoms with van der Waals surface area (Å²) < 4.78 is 35.1. The molecule has 8 nitrogen and oxygen atoms in total. The van der Waals surface area contributed by atoms with Crippen LogP contribution < -0.4 is 14.4 Å². The first-order valence-corrected chi connectivity index (χ1v) is 15.3. The monoisotopic (exact) mass is 649 g/mol. The van der Waals surface area contributed by atoms with Crippen molar-refractivity contribution < 1.29 is 22.7 Å². The summed E-state index contributed by atoms with van der Waals surface area (Å²) in [4.78, 5) is 28.4. The lowest BCUT2D eigenvalue weighted by Crippen LogP contribution is -2.51. The van der Waals surface area contributed by atoms with Crippen LogP contribution in [0, 0.1) is 5.92 Å². The molecule has 0 saturated heterocycles. The lowest BCUT2D eigenvalue weighted by Gasteiger charge is -2.32. The Hall–Kier alpha value is -3.08. The molecule has 0 radical (unpaired) electrons. The molecule has 11 heteroatoms. The van der Waals surface area contributed by atoms with Crippen LogP contribution in [0.25, 0.3) is 0 Å². The molecule has 0 aromatic heterocycles. The fourth-order valence-electron chi connectivity index (χ4n) is 3.91. The Bertz CT molecular complexity index is 1420. The van der Waals surface area contributed by atoms with Gasteiger partial charge in [0.25, 0.3) is 10.0 Å². The highest BCUT2D eigenvalue weighted by Gasteiger charge is 2.34. The molecule has 214 valence electrons. The highest BCUT2D eigenvalue weighted by Crippen LogP contribution is 2.35. The Labute approximate surface area is 249 Å². The summed E-state index contributed by atoms with van der Waals surface area (Å²) in [6.45, 7) is 5.52. The molecule has 0 spiro atoms. The maximum atomic E-state index is 14.0. The summed E-state index contributed by atoms with van der Waals surface area (Å²) in [5.74, 6) is -0.471. The van der Waals surface area contributed by atoms with Crippen LogP contribution in [-0.4, -0.2) is 51.4 Å². The topological polar surface area (TPSA) is 96.0 Å². The van der Waals surface area contributed by atoms with Gasteiger partial charge in [-0.05, 0) is 60.9 Å². The van der Waals surface area contributed by atoms with Crippen molar-refractivity contribution >= 4 is 55.1 Å². The molecule has 1 atom stereocenters. The molecule has 0 fully saturated rings. The Morgan fingerprint density at radius 3 is 2.25 bits per heavy atom. The average Bonchev–Trinajstić information content (AvgIpc) is 2.94. The zero-order valence-electron chi connectivity index (χ0n) is 22.8. The maximum absolute atomic E-state index is 14.0. The molecule has 0 aliphatic heterocycles. The number of amides is 2. The Kier molecular flexibility index (Phi) is 11.0. The third-order valence-corrected chi connectivity index (χ3v) is 8.68. The third kappa shape index (κ3) is 7.99. The van der Waals surface area contributed by atoms with E-state index in [0.717, 1.165) is 14.3 Å². The van der Waals surface area contributed by atoms with E-state index in [1.54, 1.807) is 31.2 Å². The Morgan fingerprint density at radius 1 is 1.00 bits per heavy atom. The molecular formula is C29H33BrClN3O5S. The number of benzene rings is 3. The van der Waals surface area contributed by atoms with E-state index in [-0.39, 0.29) is 39.7 Å². The van der Waals surface area contributed by atoms with E-state index in [1.807, 2.05) is 38.1 Å². The number of nitrogens with one attached hydrogen (secondary N) is 1. The van der Waals surface area contributed by atoms with Gasteiger partial charge in [-0.3, -0.25) is 13.9 Å². The molecular weight excluding hydrogens is 618 g/mol. The minimum absolute atomic E-state index is 0.00740. The molecule has 3 aromatic carbocycles. The summed E-state index contributed by atoms with van der Waals surface area (Å²) in [6, 6.07) is 18.8. The fourth-order valence-corrected chi connectivity index (χ4v) is 5.78. The minimum Gasteiger partial charge on any atom is -0.495 e. The van der Waals surface area contributed by atoms with E-state index in [4.69, 9.17) is 16.3 Å². The number of hydrogen-bond acceptors (Lipinski definition) is 5. The number of rotatable bonds is 12. The van der Waals surface area contributed by atoms with Crippen LogP contribution in [0.3, 0.4) is 0 Å². The highest BCUT2D eigenvalue weighted by molar-refractivity contribution is 9.10. The third-order valence-electron chi connectivity index (χ3n) is 6.14. The van der Waals surface area contributed by atoms with E-state index in [9.17, 15) is 18.0 Å². The van der Waals surface area contributed by atoms with Crippen molar-refractivity contribution in [3.63, 3.8) is 0 Å². The largest absolute Gasteiger partial charge is 0.495 e. The SMILES string of the molecule is COc1ccc(Cl)cc1N(CC(=O)N(Cc1ccc(Br)cc1)[C@@H](C)C(=O)NCC(C)C)S(=O)(=O)c1ccccc1. The van der Waals surface area contributed by atoms with Gasteiger partial charge >= 0.3 is 0 Å². The molecule has 40 heavy (non-hydrogen) atoms. The van der Waals surface area contributed by atoms with Gasteiger partial charge in [0.15, 0.2) is 0 Å². The number of carbonyl (C=O) groups is 2. The first kappa shape index (κ1) is 31.4. The molecule has 0 aliphatic rings. The summed E-state index contributed by atoms with van der Waals surface area (Å²) in [6.07, 6.45) is 0. The normalized spacial score (nSPS) is 12.1. The molecule has 2 amide bonds. The van der Waals surface area contributed by atoms with E-state index in [1.165, 1.54) is 36.3 Å². The van der Waals surface area contributed by atoms with Gasteiger partial charge < -0.3 is 15.0 Å². The highest BCUT2D eigenvalue weighted by atomic mass is 79.9. The number of hydrogen-bond donors (Lipinski definition) is 1. The fraction of sp³-hybridized carbons (Fsp3) is 0.310. The first-order chi connectivity index (χ1) is 18.9. The van der Waals surface area contributed by atoms with Crippen molar-refractivity contribution in [3.8, 4) is 5.75 Å². The van der Waals surface area contributed by atoms with E-state index < -0.39 is 28.5 Å². The smallest absolute Gasteiger partial charge is 0.264 e. The Morgan fingerprint density at radius 2 is 1.65 bits per heavy atom. The van der Waals surface area contributed by atoms with Gasteiger partial charge in [0.2, 0.25) is 11.8 Å². The van der Waals surface area contributed by atoms with Gasteiger partial charge in [-0.25, -0.2) is 8.42 Å². The van der Waals surface area contributed by atoms with Crippen molar-refractivity contribution in [2.75, 3.05) is 24.5 Å². The molecule has 0 aliphatic carbocycles. The minimum atomic E-state index is -4.24. The van der Waals surface area contributed by atoms with Crippen LogP contribution in [0.2, 0.25) is 5.02 Å². The van der Waals surface area contributed by atoms with Crippen LogP contribution >= 0.6 is 27.5 Å². The van der Waals surface area contributed by atoms with E-state index in [2.05, 4.69) is 21.2 Å². The van der Waals surface area contributed by atoms with Gasteiger partial charge in [-0.2, -0.15) is 0 Å². The Balaban J connectivity index is 2.06. The number of carbonyl (C=O) groups excluding carboxylic acids is 2. The van der Waals surface area contributed by atoms with Crippen molar-refractivity contribution in [2.24, 2.45) is 5.92 Å². The molecule has 3 rings (SSSR count). The molecule has 3 aromatic rings. The predicted molar refractivity (Wildman–Crippen MR) is 161 cm³/mol. The maximum Gasteiger partial charge on any atom is 0.264 e. The van der Waals surface area contributed by atoms with Gasteiger partial charge in [-0.1, -0.05) is 71.7 Å². The number of sulfonamides is 1.